The van der Waals surface area contributed by atoms with Gasteiger partial charge in [-0.15, -0.1) is 0 Å². The zero-order chi connectivity index (χ0) is 13.3. The number of rotatable bonds is 3. The first-order valence-electron chi connectivity index (χ1n) is 6.35. The van der Waals surface area contributed by atoms with Crippen LogP contribution in [0, 0.1) is 0 Å². The van der Waals surface area contributed by atoms with E-state index in [1.165, 1.54) is 0 Å². The van der Waals surface area contributed by atoms with Crippen LogP contribution in [0.15, 0.2) is 18.2 Å². The van der Waals surface area contributed by atoms with Gasteiger partial charge in [-0.2, -0.15) is 0 Å². The zero-order valence-corrected chi connectivity index (χ0v) is 11.4. The quantitative estimate of drug-likeness (QED) is 0.894. The third kappa shape index (κ3) is 2.42. The summed E-state index contributed by atoms with van der Waals surface area (Å²) in [5.74, 6) is 0.747. The van der Waals surface area contributed by atoms with Gasteiger partial charge in [0.2, 0.25) is 5.91 Å². The maximum absolute atomic E-state index is 11.8. The van der Waals surface area contributed by atoms with Crippen molar-refractivity contribution in [3.63, 3.8) is 0 Å². The van der Waals surface area contributed by atoms with Crippen LogP contribution in [-0.2, 0) is 4.79 Å². The number of ether oxygens (including phenoxy) is 1. The Kier molecular flexibility index (Phi) is 3.45. The van der Waals surface area contributed by atoms with Crippen molar-refractivity contribution in [3.05, 3.63) is 18.2 Å². The molecule has 4 heteroatoms. The van der Waals surface area contributed by atoms with Crippen molar-refractivity contribution in [2.75, 3.05) is 16.8 Å². The van der Waals surface area contributed by atoms with E-state index in [-0.39, 0.29) is 18.1 Å². The fourth-order valence-corrected chi connectivity index (χ4v) is 2.12. The van der Waals surface area contributed by atoms with E-state index in [0.717, 1.165) is 17.1 Å². The molecule has 98 valence electrons. The van der Waals surface area contributed by atoms with E-state index in [1.54, 1.807) is 0 Å². The van der Waals surface area contributed by atoms with Crippen molar-refractivity contribution < 1.29 is 9.53 Å². The number of carbonyl (C=O) groups is 1. The Morgan fingerprint density at radius 2 is 2.00 bits per heavy atom. The molecule has 1 aromatic carbocycles. The Morgan fingerprint density at radius 1 is 1.28 bits per heavy atom. The van der Waals surface area contributed by atoms with Crippen LogP contribution in [0.5, 0.6) is 5.75 Å². The molecule has 1 N–H and O–H groups in total. The van der Waals surface area contributed by atoms with Crippen molar-refractivity contribution in [1.29, 1.82) is 0 Å². The summed E-state index contributed by atoms with van der Waals surface area (Å²) in [7, 11) is 0. The van der Waals surface area contributed by atoms with Gasteiger partial charge >= 0.3 is 0 Å². The molecule has 18 heavy (non-hydrogen) atoms. The van der Waals surface area contributed by atoms with Gasteiger partial charge < -0.3 is 15.0 Å². The fourth-order valence-electron chi connectivity index (χ4n) is 2.12. The molecule has 0 atom stereocenters. The van der Waals surface area contributed by atoms with Gasteiger partial charge in [-0.3, -0.25) is 4.79 Å². The van der Waals surface area contributed by atoms with Crippen LogP contribution in [0.1, 0.15) is 27.7 Å². The Morgan fingerprint density at radius 3 is 2.61 bits per heavy atom. The highest BCUT2D eigenvalue weighted by Crippen LogP contribution is 2.38. The standard InChI is InChI=1S/C14H20N2O2/c1-9(2)16-8-13(17)15-14-11(16)6-5-7-12(14)18-10(3)4/h5-7,9-10H,8H2,1-4H3,(H,15,17). The minimum Gasteiger partial charge on any atom is -0.489 e. The van der Waals surface area contributed by atoms with Crippen LogP contribution in [0.2, 0.25) is 0 Å². The Labute approximate surface area is 108 Å². The number of benzene rings is 1. The second-order valence-corrected chi connectivity index (χ2v) is 5.09. The number of amides is 1. The zero-order valence-electron chi connectivity index (χ0n) is 11.4. The molecule has 0 aromatic heterocycles. The van der Waals surface area contributed by atoms with E-state index < -0.39 is 0 Å². The summed E-state index contributed by atoms with van der Waals surface area (Å²) in [6.45, 7) is 8.51. The SMILES string of the molecule is CC(C)Oc1cccc2c1NC(=O)CN2C(C)C. The molecule has 0 aliphatic carbocycles. The maximum atomic E-state index is 11.8. The second kappa shape index (κ2) is 4.88. The smallest absolute Gasteiger partial charge is 0.244 e. The van der Waals surface area contributed by atoms with E-state index in [2.05, 4.69) is 24.1 Å². The minimum atomic E-state index is 0.0102. The molecular weight excluding hydrogens is 228 g/mol. The molecule has 0 saturated heterocycles. The van der Waals surface area contributed by atoms with E-state index in [0.29, 0.717) is 6.54 Å². The predicted octanol–water partition coefficient (Wildman–Crippen LogP) is 2.64. The third-order valence-corrected chi connectivity index (χ3v) is 2.88. The Bertz CT molecular complexity index is 455. The van der Waals surface area contributed by atoms with Crippen LogP contribution in [0.3, 0.4) is 0 Å². The van der Waals surface area contributed by atoms with E-state index in [9.17, 15) is 4.79 Å². The topological polar surface area (TPSA) is 41.6 Å². The largest absolute Gasteiger partial charge is 0.489 e. The summed E-state index contributed by atoms with van der Waals surface area (Å²) in [4.78, 5) is 13.9. The molecule has 1 aliphatic heterocycles. The highest BCUT2D eigenvalue weighted by atomic mass is 16.5. The minimum absolute atomic E-state index is 0.0102. The van der Waals surface area contributed by atoms with E-state index in [4.69, 9.17) is 4.74 Å². The van der Waals surface area contributed by atoms with Gasteiger partial charge in [-0.05, 0) is 39.8 Å². The number of anilines is 2. The lowest BCUT2D eigenvalue weighted by atomic mass is 10.1. The number of nitrogens with zero attached hydrogens (tertiary/aromatic N) is 1. The number of nitrogens with one attached hydrogen (secondary N) is 1. The number of hydrogen-bond acceptors (Lipinski definition) is 3. The number of para-hydroxylation sites is 1. The lowest BCUT2D eigenvalue weighted by Gasteiger charge is -2.35. The summed E-state index contributed by atoms with van der Waals surface area (Å²) in [5.41, 5.74) is 1.82. The summed E-state index contributed by atoms with van der Waals surface area (Å²) in [6, 6.07) is 6.15. The molecule has 0 spiro atoms. The summed E-state index contributed by atoms with van der Waals surface area (Å²) in [6.07, 6.45) is 0.0860. The average Bonchev–Trinajstić information content (AvgIpc) is 2.28. The normalized spacial score (nSPS) is 14.8. The molecule has 1 aromatic rings. The highest BCUT2D eigenvalue weighted by Gasteiger charge is 2.26. The van der Waals surface area contributed by atoms with Crippen LogP contribution < -0.4 is 15.0 Å². The van der Waals surface area contributed by atoms with E-state index in [1.807, 2.05) is 32.0 Å². The predicted molar refractivity (Wildman–Crippen MR) is 73.3 cm³/mol. The van der Waals surface area contributed by atoms with Gasteiger partial charge in [0.1, 0.15) is 11.4 Å². The fraction of sp³-hybridized carbons (Fsp3) is 0.500. The van der Waals surface area contributed by atoms with Crippen molar-refractivity contribution in [2.24, 2.45) is 0 Å². The third-order valence-electron chi connectivity index (χ3n) is 2.88. The molecule has 1 aliphatic rings. The van der Waals surface area contributed by atoms with Crippen molar-refractivity contribution in [3.8, 4) is 5.75 Å². The molecule has 0 fully saturated rings. The van der Waals surface area contributed by atoms with Crippen LogP contribution in [0.4, 0.5) is 11.4 Å². The number of hydrogen-bond donors (Lipinski definition) is 1. The first-order chi connectivity index (χ1) is 8.49. The van der Waals surface area contributed by atoms with Gasteiger partial charge in [-0.1, -0.05) is 6.07 Å². The van der Waals surface area contributed by atoms with Gasteiger partial charge in [0.15, 0.2) is 0 Å². The van der Waals surface area contributed by atoms with Crippen molar-refractivity contribution in [2.45, 2.75) is 39.8 Å². The molecule has 0 radical (unpaired) electrons. The molecule has 1 amide bonds. The van der Waals surface area contributed by atoms with E-state index >= 15 is 0 Å². The molecule has 0 unspecified atom stereocenters. The molecule has 4 nitrogen and oxygen atoms in total. The summed E-state index contributed by atoms with van der Waals surface area (Å²) >= 11 is 0. The first kappa shape index (κ1) is 12.7. The second-order valence-electron chi connectivity index (χ2n) is 5.09. The first-order valence-corrected chi connectivity index (χ1v) is 6.35. The van der Waals surface area contributed by atoms with Gasteiger partial charge in [-0.25, -0.2) is 0 Å². The highest BCUT2D eigenvalue weighted by molar-refractivity contribution is 6.03. The number of fused-ring (bicyclic) bond motifs is 1. The maximum Gasteiger partial charge on any atom is 0.244 e. The monoisotopic (exact) mass is 248 g/mol. The van der Waals surface area contributed by atoms with Crippen LogP contribution in [-0.4, -0.2) is 24.6 Å². The number of carbonyl (C=O) groups excluding carboxylic acids is 1. The van der Waals surface area contributed by atoms with Crippen LogP contribution >= 0.6 is 0 Å². The molecule has 1 heterocycles. The molecule has 2 rings (SSSR count). The van der Waals surface area contributed by atoms with Crippen molar-refractivity contribution >= 4 is 17.3 Å². The van der Waals surface area contributed by atoms with Gasteiger partial charge in [0, 0.05) is 6.04 Å². The van der Waals surface area contributed by atoms with Crippen molar-refractivity contribution in [1.82, 2.24) is 0 Å². The molecule has 0 saturated carbocycles. The Hall–Kier alpha value is -1.71. The van der Waals surface area contributed by atoms with Gasteiger partial charge in [0.05, 0.1) is 18.3 Å². The summed E-state index contributed by atoms with van der Waals surface area (Å²) in [5, 5.41) is 2.91. The average molecular weight is 248 g/mol. The lowest BCUT2D eigenvalue weighted by Crippen LogP contribution is -2.42. The molecular formula is C14H20N2O2. The van der Waals surface area contributed by atoms with Gasteiger partial charge in [0.25, 0.3) is 0 Å². The van der Waals surface area contributed by atoms with Crippen LogP contribution in [0.25, 0.3) is 0 Å². The Balaban J connectivity index is 2.44. The molecule has 0 bridgehead atoms. The lowest BCUT2D eigenvalue weighted by molar-refractivity contribution is -0.115. The summed E-state index contributed by atoms with van der Waals surface area (Å²) < 4.78 is 5.75.